The van der Waals surface area contributed by atoms with E-state index in [9.17, 15) is 5.11 Å². The van der Waals surface area contributed by atoms with Crippen molar-refractivity contribution < 1.29 is 14.6 Å². The SMILES string of the molecule is COc1cccc(C2c3ccccc3OCC2c2ccc(O)cc2)c1. The summed E-state index contributed by atoms with van der Waals surface area (Å²) in [5.74, 6) is 2.40. The zero-order chi connectivity index (χ0) is 17.2. The van der Waals surface area contributed by atoms with Gasteiger partial charge in [-0.25, -0.2) is 0 Å². The number of para-hydroxylation sites is 1. The highest BCUT2D eigenvalue weighted by Crippen LogP contribution is 2.46. The minimum atomic E-state index is 0.169. The van der Waals surface area contributed by atoms with Crippen molar-refractivity contribution in [2.75, 3.05) is 13.7 Å². The molecule has 0 fully saturated rings. The van der Waals surface area contributed by atoms with Crippen molar-refractivity contribution in [3.63, 3.8) is 0 Å². The summed E-state index contributed by atoms with van der Waals surface area (Å²) < 4.78 is 11.5. The van der Waals surface area contributed by atoms with Crippen LogP contribution in [0.4, 0.5) is 0 Å². The minimum Gasteiger partial charge on any atom is -0.508 e. The lowest BCUT2D eigenvalue weighted by Gasteiger charge is -2.34. The molecule has 0 bridgehead atoms. The lowest BCUT2D eigenvalue weighted by atomic mass is 9.76. The van der Waals surface area contributed by atoms with E-state index in [1.807, 2.05) is 36.4 Å². The molecule has 0 aromatic heterocycles. The predicted octanol–water partition coefficient (Wildman–Crippen LogP) is 4.71. The van der Waals surface area contributed by atoms with Gasteiger partial charge in [0.05, 0.1) is 13.7 Å². The van der Waals surface area contributed by atoms with Crippen molar-refractivity contribution in [3.8, 4) is 17.2 Å². The monoisotopic (exact) mass is 332 g/mol. The fraction of sp³-hybridized carbons (Fsp3) is 0.182. The maximum absolute atomic E-state index is 9.62. The molecule has 0 spiro atoms. The Hall–Kier alpha value is -2.94. The summed E-state index contributed by atoms with van der Waals surface area (Å²) in [7, 11) is 1.69. The molecular weight excluding hydrogens is 312 g/mol. The third kappa shape index (κ3) is 2.93. The number of hydrogen-bond acceptors (Lipinski definition) is 3. The van der Waals surface area contributed by atoms with Crippen LogP contribution in [0.1, 0.15) is 28.5 Å². The number of benzene rings is 3. The highest BCUT2D eigenvalue weighted by molar-refractivity contribution is 5.49. The third-order valence-electron chi connectivity index (χ3n) is 4.85. The summed E-state index contributed by atoms with van der Waals surface area (Å²) in [5, 5.41) is 9.62. The van der Waals surface area contributed by atoms with Crippen LogP contribution in [-0.2, 0) is 0 Å². The zero-order valence-corrected chi connectivity index (χ0v) is 14.1. The van der Waals surface area contributed by atoms with Crippen molar-refractivity contribution in [2.24, 2.45) is 0 Å². The summed E-state index contributed by atoms with van der Waals surface area (Å²) >= 11 is 0. The second-order valence-electron chi connectivity index (χ2n) is 6.30. The summed E-state index contributed by atoms with van der Waals surface area (Å²) in [6.45, 7) is 0.601. The number of ether oxygens (including phenoxy) is 2. The second kappa shape index (κ2) is 6.52. The molecule has 3 aromatic rings. The highest BCUT2D eigenvalue weighted by Gasteiger charge is 2.33. The van der Waals surface area contributed by atoms with Crippen molar-refractivity contribution in [3.05, 3.63) is 89.5 Å². The van der Waals surface area contributed by atoms with E-state index in [0.29, 0.717) is 6.61 Å². The molecule has 1 aliphatic heterocycles. The molecular formula is C22H20O3. The number of fused-ring (bicyclic) bond motifs is 1. The average Bonchev–Trinajstić information content (AvgIpc) is 2.68. The van der Waals surface area contributed by atoms with E-state index in [1.54, 1.807) is 19.2 Å². The van der Waals surface area contributed by atoms with Gasteiger partial charge < -0.3 is 14.6 Å². The van der Waals surface area contributed by atoms with Crippen molar-refractivity contribution in [1.82, 2.24) is 0 Å². The van der Waals surface area contributed by atoms with Crippen LogP contribution in [0.5, 0.6) is 17.2 Å². The van der Waals surface area contributed by atoms with E-state index in [1.165, 1.54) is 11.1 Å². The molecule has 2 unspecified atom stereocenters. The highest BCUT2D eigenvalue weighted by atomic mass is 16.5. The molecule has 3 aromatic carbocycles. The average molecular weight is 332 g/mol. The quantitative estimate of drug-likeness (QED) is 0.755. The Morgan fingerprint density at radius 3 is 2.52 bits per heavy atom. The Labute approximate surface area is 147 Å². The van der Waals surface area contributed by atoms with Crippen LogP contribution in [0.15, 0.2) is 72.8 Å². The van der Waals surface area contributed by atoms with Gasteiger partial charge in [0.15, 0.2) is 0 Å². The first-order chi connectivity index (χ1) is 12.3. The van der Waals surface area contributed by atoms with Gasteiger partial charge in [0.2, 0.25) is 0 Å². The summed E-state index contributed by atoms with van der Waals surface area (Å²) in [6, 6.07) is 23.9. The summed E-state index contributed by atoms with van der Waals surface area (Å²) in [5.41, 5.74) is 3.54. The minimum absolute atomic E-state index is 0.169. The van der Waals surface area contributed by atoms with E-state index in [2.05, 4.69) is 24.3 Å². The molecule has 2 atom stereocenters. The van der Waals surface area contributed by atoms with Crippen molar-refractivity contribution in [1.29, 1.82) is 0 Å². The molecule has 0 amide bonds. The van der Waals surface area contributed by atoms with Crippen molar-refractivity contribution >= 4 is 0 Å². The van der Waals surface area contributed by atoms with E-state index in [-0.39, 0.29) is 17.6 Å². The molecule has 0 radical (unpaired) electrons. The Morgan fingerprint density at radius 1 is 0.920 bits per heavy atom. The lowest BCUT2D eigenvalue weighted by Crippen LogP contribution is -2.25. The Morgan fingerprint density at radius 2 is 1.72 bits per heavy atom. The molecule has 0 aliphatic carbocycles. The maximum Gasteiger partial charge on any atom is 0.123 e. The van der Waals surface area contributed by atoms with Gasteiger partial charge in [0.1, 0.15) is 17.2 Å². The Kier molecular flexibility index (Phi) is 4.06. The van der Waals surface area contributed by atoms with Gasteiger partial charge in [-0.05, 0) is 41.5 Å². The number of rotatable bonds is 3. The van der Waals surface area contributed by atoms with E-state index >= 15 is 0 Å². The van der Waals surface area contributed by atoms with Crippen molar-refractivity contribution in [2.45, 2.75) is 11.8 Å². The molecule has 0 saturated carbocycles. The van der Waals surface area contributed by atoms with Crippen LogP contribution in [0.25, 0.3) is 0 Å². The molecule has 1 aliphatic rings. The van der Waals surface area contributed by atoms with E-state index in [4.69, 9.17) is 9.47 Å². The molecule has 1 heterocycles. The number of methoxy groups -OCH3 is 1. The van der Waals surface area contributed by atoms with Crippen LogP contribution in [0, 0.1) is 0 Å². The number of phenols is 1. The number of phenolic OH excluding ortho intramolecular Hbond substituents is 1. The van der Waals surface area contributed by atoms with Gasteiger partial charge in [0.25, 0.3) is 0 Å². The van der Waals surface area contributed by atoms with E-state index in [0.717, 1.165) is 17.1 Å². The largest absolute Gasteiger partial charge is 0.508 e. The molecule has 4 rings (SSSR count). The zero-order valence-electron chi connectivity index (χ0n) is 14.1. The number of aromatic hydroxyl groups is 1. The van der Waals surface area contributed by atoms with Gasteiger partial charge in [-0.15, -0.1) is 0 Å². The van der Waals surface area contributed by atoms with Crippen LogP contribution >= 0.6 is 0 Å². The Balaban J connectivity index is 1.84. The van der Waals surface area contributed by atoms with Gasteiger partial charge >= 0.3 is 0 Å². The van der Waals surface area contributed by atoms with Crippen LogP contribution < -0.4 is 9.47 Å². The fourth-order valence-electron chi connectivity index (χ4n) is 3.62. The first-order valence-electron chi connectivity index (χ1n) is 8.41. The fourth-order valence-corrected chi connectivity index (χ4v) is 3.62. The summed E-state index contributed by atoms with van der Waals surface area (Å²) in [4.78, 5) is 0. The van der Waals surface area contributed by atoms with Gasteiger partial charge in [-0.1, -0.05) is 42.5 Å². The first kappa shape index (κ1) is 15.6. The van der Waals surface area contributed by atoms with Crippen LogP contribution in [-0.4, -0.2) is 18.8 Å². The normalized spacial score (nSPS) is 18.9. The molecule has 1 N–H and O–H groups in total. The molecule has 3 heteroatoms. The first-order valence-corrected chi connectivity index (χ1v) is 8.41. The van der Waals surface area contributed by atoms with E-state index < -0.39 is 0 Å². The third-order valence-corrected chi connectivity index (χ3v) is 4.85. The van der Waals surface area contributed by atoms with Gasteiger partial charge in [-0.2, -0.15) is 0 Å². The van der Waals surface area contributed by atoms with Gasteiger partial charge in [-0.3, -0.25) is 0 Å². The van der Waals surface area contributed by atoms with Crippen LogP contribution in [0.2, 0.25) is 0 Å². The molecule has 126 valence electrons. The lowest BCUT2D eigenvalue weighted by molar-refractivity contribution is 0.249. The van der Waals surface area contributed by atoms with Gasteiger partial charge in [0, 0.05) is 17.4 Å². The molecule has 3 nitrogen and oxygen atoms in total. The Bertz CT molecular complexity index is 870. The van der Waals surface area contributed by atoms with Crippen LogP contribution in [0.3, 0.4) is 0 Å². The molecule has 0 saturated heterocycles. The summed E-state index contributed by atoms with van der Waals surface area (Å²) in [6.07, 6.45) is 0. The standard InChI is InChI=1S/C22H20O3/c1-24-18-6-4-5-16(13-18)22-19-7-2-3-8-21(19)25-14-20(22)15-9-11-17(23)12-10-15/h2-13,20,22-23H,14H2,1H3. The molecule has 25 heavy (non-hydrogen) atoms. The second-order valence-corrected chi connectivity index (χ2v) is 6.30. The maximum atomic E-state index is 9.62. The smallest absolute Gasteiger partial charge is 0.123 e. The number of hydrogen-bond donors (Lipinski definition) is 1. The predicted molar refractivity (Wildman–Crippen MR) is 97.6 cm³/mol. The topological polar surface area (TPSA) is 38.7 Å².